The molecule has 2 atom stereocenters. The minimum atomic E-state index is -3.66. The normalized spacial score (nSPS) is 24.1. The summed E-state index contributed by atoms with van der Waals surface area (Å²) in [5.74, 6) is -0.412. The highest BCUT2D eigenvalue weighted by Gasteiger charge is 2.33. The predicted octanol–water partition coefficient (Wildman–Crippen LogP) is 1.62. The van der Waals surface area contributed by atoms with Crippen LogP contribution < -0.4 is 5.32 Å². The number of halogens is 1. The molecule has 2 unspecified atom stereocenters. The van der Waals surface area contributed by atoms with Crippen LogP contribution in [0.1, 0.15) is 26.7 Å². The first-order valence-electron chi connectivity index (χ1n) is 7.29. The van der Waals surface area contributed by atoms with Gasteiger partial charge in [-0.1, -0.05) is 13.8 Å². The summed E-state index contributed by atoms with van der Waals surface area (Å²) >= 11 is 0. The van der Waals surface area contributed by atoms with E-state index in [2.05, 4.69) is 17.2 Å². The van der Waals surface area contributed by atoms with E-state index in [1.165, 1.54) is 10.5 Å². The van der Waals surface area contributed by atoms with Crippen molar-refractivity contribution in [1.82, 2.24) is 14.6 Å². The molecule has 118 valence electrons. The van der Waals surface area contributed by atoms with Crippen LogP contribution in [0, 0.1) is 11.7 Å². The first-order valence-corrected chi connectivity index (χ1v) is 8.73. The van der Waals surface area contributed by atoms with Gasteiger partial charge in [0.15, 0.2) is 0 Å². The summed E-state index contributed by atoms with van der Waals surface area (Å²) < 4.78 is 39.6. The monoisotopic (exact) mass is 315 g/mol. The molecule has 0 spiro atoms. The van der Waals surface area contributed by atoms with Gasteiger partial charge in [-0.25, -0.2) is 12.8 Å². The van der Waals surface area contributed by atoms with E-state index >= 15 is 0 Å². The maximum absolute atomic E-state index is 13.2. The summed E-state index contributed by atoms with van der Waals surface area (Å²) in [6.45, 7) is 5.98. The first kappa shape index (κ1) is 16.3. The average molecular weight is 315 g/mol. The second kappa shape index (κ2) is 6.81. The Morgan fingerprint density at radius 2 is 2.24 bits per heavy atom. The molecule has 2 heterocycles. The highest BCUT2D eigenvalue weighted by atomic mass is 32.2. The summed E-state index contributed by atoms with van der Waals surface area (Å²) in [4.78, 5) is 3.55. The van der Waals surface area contributed by atoms with E-state index in [0.717, 1.165) is 31.6 Å². The molecule has 0 aliphatic carbocycles. The number of piperidine rings is 1. The van der Waals surface area contributed by atoms with E-state index in [4.69, 9.17) is 0 Å². The van der Waals surface area contributed by atoms with E-state index in [0.29, 0.717) is 19.1 Å². The van der Waals surface area contributed by atoms with Gasteiger partial charge >= 0.3 is 0 Å². The molecular formula is C14H22FN3O2S. The Kier molecular flexibility index (Phi) is 5.29. The smallest absolute Gasteiger partial charge is 0.244 e. The third kappa shape index (κ3) is 3.78. The van der Waals surface area contributed by atoms with Gasteiger partial charge in [0.25, 0.3) is 0 Å². The third-order valence-electron chi connectivity index (χ3n) is 3.84. The van der Waals surface area contributed by atoms with Crippen molar-refractivity contribution in [3.05, 3.63) is 24.3 Å². The van der Waals surface area contributed by atoms with Gasteiger partial charge < -0.3 is 5.32 Å². The van der Waals surface area contributed by atoms with Crippen molar-refractivity contribution >= 4 is 10.0 Å². The fourth-order valence-corrected chi connectivity index (χ4v) is 4.17. The van der Waals surface area contributed by atoms with Crippen molar-refractivity contribution in [2.24, 2.45) is 5.92 Å². The molecule has 1 aliphatic rings. The van der Waals surface area contributed by atoms with Gasteiger partial charge in [-0.3, -0.25) is 4.98 Å². The van der Waals surface area contributed by atoms with Crippen LogP contribution in [0.4, 0.5) is 4.39 Å². The minimum absolute atomic E-state index is 0.0744. The number of pyridine rings is 1. The lowest BCUT2D eigenvalue weighted by molar-refractivity contribution is 0.220. The first-order chi connectivity index (χ1) is 9.95. The van der Waals surface area contributed by atoms with Crippen molar-refractivity contribution < 1.29 is 12.8 Å². The molecule has 21 heavy (non-hydrogen) atoms. The standard InChI is InChI=1S/C14H22FN3O2S/c1-3-5-17-14-4-6-18(10-11(14)2)21(19,20)13-7-12(15)8-16-9-13/h7-9,11,14,17H,3-6,10H2,1-2H3. The number of rotatable bonds is 5. The number of nitrogens with one attached hydrogen (secondary N) is 1. The summed E-state index contributed by atoms with van der Waals surface area (Å²) in [5.41, 5.74) is 0. The molecule has 1 fully saturated rings. The summed E-state index contributed by atoms with van der Waals surface area (Å²) in [5, 5.41) is 3.45. The fourth-order valence-electron chi connectivity index (χ4n) is 2.64. The van der Waals surface area contributed by atoms with E-state index in [-0.39, 0.29) is 10.8 Å². The SMILES string of the molecule is CCCNC1CCN(S(=O)(=O)c2cncc(F)c2)CC1C. The highest BCUT2D eigenvalue weighted by molar-refractivity contribution is 7.89. The lowest BCUT2D eigenvalue weighted by Gasteiger charge is -2.36. The Labute approximate surface area is 125 Å². The summed E-state index contributed by atoms with van der Waals surface area (Å²) in [6, 6.07) is 1.36. The van der Waals surface area contributed by atoms with Crippen LogP contribution in [-0.2, 0) is 10.0 Å². The highest BCUT2D eigenvalue weighted by Crippen LogP contribution is 2.23. The number of nitrogens with zero attached hydrogens (tertiary/aromatic N) is 2. The molecule has 0 saturated carbocycles. The predicted molar refractivity (Wildman–Crippen MR) is 78.8 cm³/mol. The van der Waals surface area contributed by atoms with Gasteiger partial charge in [-0.05, 0) is 31.4 Å². The molecule has 7 heteroatoms. The molecule has 1 aromatic heterocycles. The Morgan fingerprint density at radius 1 is 1.48 bits per heavy atom. The van der Waals surface area contributed by atoms with Gasteiger partial charge in [-0.15, -0.1) is 0 Å². The van der Waals surface area contributed by atoms with Crippen molar-refractivity contribution in [2.45, 2.75) is 37.6 Å². The molecule has 0 bridgehead atoms. The van der Waals surface area contributed by atoms with E-state index in [9.17, 15) is 12.8 Å². The fraction of sp³-hybridized carbons (Fsp3) is 0.643. The maximum Gasteiger partial charge on any atom is 0.244 e. The molecule has 0 radical (unpaired) electrons. The summed E-state index contributed by atoms with van der Waals surface area (Å²) in [7, 11) is -3.66. The van der Waals surface area contributed by atoms with Crippen LogP contribution in [0.15, 0.2) is 23.4 Å². The van der Waals surface area contributed by atoms with Crippen LogP contribution in [0.5, 0.6) is 0 Å². The third-order valence-corrected chi connectivity index (χ3v) is 5.67. The molecule has 1 N–H and O–H groups in total. The van der Waals surface area contributed by atoms with Crippen LogP contribution in [-0.4, -0.2) is 43.4 Å². The Morgan fingerprint density at radius 3 is 2.86 bits per heavy atom. The number of hydrogen-bond acceptors (Lipinski definition) is 4. The van der Waals surface area contributed by atoms with E-state index < -0.39 is 15.8 Å². The second-order valence-electron chi connectivity index (χ2n) is 5.53. The van der Waals surface area contributed by atoms with Crippen molar-refractivity contribution in [1.29, 1.82) is 0 Å². The number of hydrogen-bond donors (Lipinski definition) is 1. The molecule has 2 rings (SSSR count). The largest absolute Gasteiger partial charge is 0.314 e. The Hall–Kier alpha value is -1.05. The van der Waals surface area contributed by atoms with Crippen LogP contribution >= 0.6 is 0 Å². The Bertz CT molecular complexity index is 579. The lowest BCUT2D eigenvalue weighted by atomic mass is 9.95. The minimum Gasteiger partial charge on any atom is -0.314 e. The number of sulfonamides is 1. The van der Waals surface area contributed by atoms with Crippen molar-refractivity contribution in [2.75, 3.05) is 19.6 Å². The molecule has 0 amide bonds. The molecule has 0 aromatic carbocycles. The van der Waals surface area contributed by atoms with Gasteiger partial charge in [0.1, 0.15) is 10.7 Å². The topological polar surface area (TPSA) is 62.3 Å². The zero-order chi connectivity index (χ0) is 15.5. The quantitative estimate of drug-likeness (QED) is 0.897. The van der Waals surface area contributed by atoms with Gasteiger partial charge in [0.2, 0.25) is 10.0 Å². The van der Waals surface area contributed by atoms with Crippen molar-refractivity contribution in [3.63, 3.8) is 0 Å². The van der Waals surface area contributed by atoms with Crippen LogP contribution in [0.3, 0.4) is 0 Å². The molecular weight excluding hydrogens is 293 g/mol. The Balaban J connectivity index is 2.09. The maximum atomic E-state index is 13.2. The van der Waals surface area contributed by atoms with E-state index in [1.807, 2.05) is 6.92 Å². The average Bonchev–Trinajstić information content (AvgIpc) is 2.46. The second-order valence-corrected chi connectivity index (χ2v) is 7.47. The number of aromatic nitrogens is 1. The molecule has 1 aliphatic heterocycles. The zero-order valence-electron chi connectivity index (χ0n) is 12.4. The molecule has 1 saturated heterocycles. The van der Waals surface area contributed by atoms with E-state index in [1.54, 1.807) is 0 Å². The van der Waals surface area contributed by atoms with Crippen LogP contribution in [0.2, 0.25) is 0 Å². The van der Waals surface area contributed by atoms with Gasteiger partial charge in [0.05, 0.1) is 6.20 Å². The van der Waals surface area contributed by atoms with Crippen molar-refractivity contribution in [3.8, 4) is 0 Å². The van der Waals surface area contributed by atoms with Gasteiger partial charge in [-0.2, -0.15) is 4.31 Å². The molecule has 5 nitrogen and oxygen atoms in total. The summed E-state index contributed by atoms with van der Waals surface area (Å²) in [6.07, 6.45) is 4.02. The van der Waals surface area contributed by atoms with Gasteiger partial charge in [0, 0.05) is 25.3 Å². The lowest BCUT2D eigenvalue weighted by Crippen LogP contribution is -2.50. The zero-order valence-corrected chi connectivity index (χ0v) is 13.2. The van der Waals surface area contributed by atoms with Crippen LogP contribution in [0.25, 0.3) is 0 Å². The molecule has 1 aromatic rings.